The van der Waals surface area contributed by atoms with Crippen molar-refractivity contribution in [1.29, 1.82) is 0 Å². The Morgan fingerprint density at radius 3 is 2.53 bits per heavy atom. The maximum atomic E-state index is 13.9. The van der Waals surface area contributed by atoms with Gasteiger partial charge in [-0.1, -0.05) is 42.5 Å². The van der Waals surface area contributed by atoms with Crippen molar-refractivity contribution in [2.75, 3.05) is 5.32 Å². The smallest absolute Gasteiger partial charge is 0.318 e. The molecule has 0 unspecified atom stereocenters. The standard InChI is InChI=1S/C29H26FN3O/c30-23-16-14-21(15-17-23)28-27-13-6-18-32(27)26-12-4-2-8-22(26)19-33(28)29(34)31-25-11-5-9-20-7-1-3-10-24(20)25/h2,4-6,8-9,11-18,28H,1,3,7,10,19H2,(H,31,34)/t28-/m1/s1. The quantitative estimate of drug-likeness (QED) is 0.365. The van der Waals surface area contributed by atoms with Crippen molar-refractivity contribution in [3.8, 4) is 5.69 Å². The average Bonchev–Trinajstić information content (AvgIpc) is 3.29. The minimum Gasteiger partial charge on any atom is -0.318 e. The van der Waals surface area contributed by atoms with Gasteiger partial charge in [-0.3, -0.25) is 0 Å². The molecule has 1 aliphatic heterocycles. The van der Waals surface area contributed by atoms with Crippen LogP contribution < -0.4 is 5.32 Å². The minimum atomic E-state index is -0.359. The number of para-hydroxylation sites is 1. The molecule has 0 spiro atoms. The summed E-state index contributed by atoms with van der Waals surface area (Å²) in [5.74, 6) is -0.289. The second kappa shape index (κ2) is 8.49. The normalized spacial score (nSPS) is 16.7. The fourth-order valence-corrected chi connectivity index (χ4v) is 5.42. The first kappa shape index (κ1) is 20.7. The zero-order valence-corrected chi connectivity index (χ0v) is 18.9. The molecule has 1 atom stereocenters. The summed E-state index contributed by atoms with van der Waals surface area (Å²) >= 11 is 0. The number of fused-ring (bicyclic) bond motifs is 4. The lowest BCUT2D eigenvalue weighted by Gasteiger charge is -2.31. The van der Waals surface area contributed by atoms with Gasteiger partial charge in [0.2, 0.25) is 0 Å². The number of rotatable bonds is 2. The number of aromatic nitrogens is 1. The lowest BCUT2D eigenvalue weighted by atomic mass is 9.90. The van der Waals surface area contributed by atoms with E-state index in [1.807, 2.05) is 47.5 Å². The molecule has 3 aromatic carbocycles. The van der Waals surface area contributed by atoms with E-state index in [9.17, 15) is 9.18 Å². The van der Waals surface area contributed by atoms with Crippen molar-refractivity contribution >= 4 is 11.7 Å². The van der Waals surface area contributed by atoms with Crippen molar-refractivity contribution in [3.63, 3.8) is 0 Å². The number of carbonyl (C=O) groups excluding carboxylic acids is 1. The number of hydrogen-bond acceptors (Lipinski definition) is 1. The summed E-state index contributed by atoms with van der Waals surface area (Å²) in [6, 6.07) is 24.4. The van der Waals surface area contributed by atoms with Gasteiger partial charge in [-0.25, -0.2) is 9.18 Å². The molecule has 2 amide bonds. The molecule has 1 N–H and O–H groups in total. The second-order valence-electron chi connectivity index (χ2n) is 9.09. The highest BCUT2D eigenvalue weighted by atomic mass is 19.1. The molecular formula is C29H26FN3O. The van der Waals surface area contributed by atoms with Gasteiger partial charge in [0.25, 0.3) is 0 Å². The van der Waals surface area contributed by atoms with Gasteiger partial charge in [-0.2, -0.15) is 0 Å². The van der Waals surface area contributed by atoms with Crippen LogP contribution in [0.1, 0.15) is 46.8 Å². The van der Waals surface area contributed by atoms with Crippen molar-refractivity contribution in [3.05, 3.63) is 119 Å². The Kier molecular flexibility index (Phi) is 5.17. The number of nitrogens with one attached hydrogen (secondary N) is 1. The maximum absolute atomic E-state index is 13.9. The molecule has 0 fully saturated rings. The van der Waals surface area contributed by atoms with E-state index in [1.165, 1.54) is 29.7 Å². The molecular weight excluding hydrogens is 425 g/mol. The Hall–Kier alpha value is -3.86. The number of aryl methyl sites for hydroxylation is 1. The molecule has 1 aliphatic carbocycles. The number of nitrogens with zero attached hydrogens (tertiary/aromatic N) is 2. The number of hydrogen-bond donors (Lipinski definition) is 1. The van der Waals surface area contributed by atoms with Crippen molar-refractivity contribution in [1.82, 2.24) is 9.47 Å². The van der Waals surface area contributed by atoms with Gasteiger partial charge in [-0.15, -0.1) is 0 Å². The Bertz CT molecular complexity index is 1360. The van der Waals surface area contributed by atoms with E-state index >= 15 is 0 Å². The van der Waals surface area contributed by atoms with Crippen LogP contribution in [-0.2, 0) is 19.4 Å². The lowest BCUT2D eigenvalue weighted by molar-refractivity contribution is 0.194. The van der Waals surface area contributed by atoms with Crippen LogP contribution in [0.5, 0.6) is 0 Å². The third-order valence-electron chi connectivity index (χ3n) is 7.05. The number of amides is 2. The molecule has 0 radical (unpaired) electrons. The van der Waals surface area contributed by atoms with Crippen molar-refractivity contribution < 1.29 is 9.18 Å². The number of anilines is 1. The van der Waals surface area contributed by atoms with E-state index in [4.69, 9.17) is 0 Å². The summed E-state index contributed by atoms with van der Waals surface area (Å²) in [6.07, 6.45) is 6.40. The van der Waals surface area contributed by atoms with Crippen LogP contribution >= 0.6 is 0 Å². The Labute approximate surface area is 198 Å². The monoisotopic (exact) mass is 451 g/mol. The van der Waals surface area contributed by atoms with Crippen LogP contribution in [0.4, 0.5) is 14.9 Å². The third kappa shape index (κ3) is 3.58. The molecule has 1 aromatic heterocycles. The fraction of sp³-hybridized carbons (Fsp3) is 0.207. The van der Waals surface area contributed by atoms with Crippen LogP contribution in [-0.4, -0.2) is 15.5 Å². The van der Waals surface area contributed by atoms with Crippen LogP contribution in [0.3, 0.4) is 0 Å². The zero-order valence-electron chi connectivity index (χ0n) is 18.9. The van der Waals surface area contributed by atoms with Crippen LogP contribution in [0.15, 0.2) is 85.1 Å². The summed E-state index contributed by atoms with van der Waals surface area (Å²) in [6.45, 7) is 0.445. The molecule has 170 valence electrons. The molecule has 6 rings (SSSR count). The number of halogens is 1. The summed E-state index contributed by atoms with van der Waals surface area (Å²) < 4.78 is 15.9. The van der Waals surface area contributed by atoms with Crippen molar-refractivity contribution in [2.24, 2.45) is 0 Å². The molecule has 0 saturated carbocycles. The van der Waals surface area contributed by atoms with Crippen LogP contribution in [0.25, 0.3) is 5.69 Å². The molecule has 5 heteroatoms. The van der Waals surface area contributed by atoms with Crippen LogP contribution in [0, 0.1) is 5.82 Å². The predicted molar refractivity (Wildman–Crippen MR) is 132 cm³/mol. The van der Waals surface area contributed by atoms with Gasteiger partial charge < -0.3 is 14.8 Å². The Balaban J connectivity index is 1.45. The number of carbonyl (C=O) groups is 1. The topological polar surface area (TPSA) is 37.3 Å². The zero-order chi connectivity index (χ0) is 23.1. The SMILES string of the molecule is O=C(Nc1cccc2c1CCCC2)N1Cc2ccccc2-n2cccc2[C@H]1c1ccc(F)cc1. The summed E-state index contributed by atoms with van der Waals surface area (Å²) in [5.41, 5.74) is 7.44. The van der Waals surface area contributed by atoms with E-state index in [0.717, 1.165) is 47.5 Å². The summed E-state index contributed by atoms with van der Waals surface area (Å²) in [4.78, 5) is 15.8. The van der Waals surface area contributed by atoms with E-state index in [2.05, 4.69) is 28.1 Å². The first-order valence-electron chi connectivity index (χ1n) is 11.9. The molecule has 2 heterocycles. The first-order valence-corrected chi connectivity index (χ1v) is 11.9. The van der Waals surface area contributed by atoms with Crippen LogP contribution in [0.2, 0.25) is 0 Å². The summed E-state index contributed by atoms with van der Waals surface area (Å²) in [5, 5.41) is 3.24. The molecule has 2 aliphatic rings. The lowest BCUT2D eigenvalue weighted by Crippen LogP contribution is -2.38. The number of urea groups is 1. The van der Waals surface area contributed by atoms with Gasteiger partial charge in [-0.05, 0) is 84.3 Å². The number of benzene rings is 3. The second-order valence-corrected chi connectivity index (χ2v) is 9.09. The largest absolute Gasteiger partial charge is 0.322 e. The highest BCUT2D eigenvalue weighted by molar-refractivity contribution is 5.91. The Morgan fingerprint density at radius 1 is 0.853 bits per heavy atom. The third-order valence-corrected chi connectivity index (χ3v) is 7.05. The fourth-order valence-electron chi connectivity index (χ4n) is 5.42. The maximum Gasteiger partial charge on any atom is 0.322 e. The van der Waals surface area contributed by atoms with E-state index < -0.39 is 0 Å². The highest BCUT2D eigenvalue weighted by Gasteiger charge is 2.33. The Morgan fingerprint density at radius 2 is 1.65 bits per heavy atom. The van der Waals surface area contributed by atoms with Gasteiger partial charge in [0, 0.05) is 17.6 Å². The molecule has 4 nitrogen and oxygen atoms in total. The highest BCUT2D eigenvalue weighted by Crippen LogP contribution is 2.37. The average molecular weight is 452 g/mol. The predicted octanol–water partition coefficient (Wildman–Crippen LogP) is 6.63. The van der Waals surface area contributed by atoms with E-state index in [0.29, 0.717) is 6.54 Å². The summed E-state index contributed by atoms with van der Waals surface area (Å²) in [7, 11) is 0. The molecule has 34 heavy (non-hydrogen) atoms. The van der Waals surface area contributed by atoms with E-state index in [-0.39, 0.29) is 17.9 Å². The first-order chi connectivity index (χ1) is 16.7. The molecule has 0 bridgehead atoms. The van der Waals surface area contributed by atoms with Gasteiger partial charge >= 0.3 is 6.03 Å². The molecule has 0 saturated heterocycles. The van der Waals surface area contributed by atoms with Gasteiger partial charge in [0.05, 0.1) is 18.3 Å². The molecule has 4 aromatic rings. The van der Waals surface area contributed by atoms with E-state index in [1.54, 1.807) is 12.1 Å². The van der Waals surface area contributed by atoms with Crippen molar-refractivity contribution in [2.45, 2.75) is 38.3 Å². The van der Waals surface area contributed by atoms with Gasteiger partial charge in [0.15, 0.2) is 0 Å². The minimum absolute atomic E-state index is 0.155. The van der Waals surface area contributed by atoms with Gasteiger partial charge in [0.1, 0.15) is 5.82 Å².